The Hall–Kier alpha value is -1.04. The van der Waals surface area contributed by atoms with Gasteiger partial charge in [-0.2, -0.15) is 5.26 Å². The van der Waals surface area contributed by atoms with E-state index in [0.29, 0.717) is 12.6 Å². The molecule has 0 N–H and O–H groups in total. The molecule has 0 aromatic carbocycles. The van der Waals surface area contributed by atoms with Gasteiger partial charge in [0.2, 0.25) is 5.91 Å². The number of carbonyl (C=O) groups excluding carboxylic acids is 1. The maximum absolute atomic E-state index is 12.5. The number of nitriles is 1. The molecular weight excluding hydrogens is 236 g/mol. The fourth-order valence-corrected chi connectivity index (χ4v) is 3.27. The minimum Gasteiger partial charge on any atom is -0.326 e. The number of rotatable bonds is 6. The number of unbranched alkanes of at least 4 members (excludes halogenated alkanes) is 1. The molecule has 0 bridgehead atoms. The van der Waals surface area contributed by atoms with Crippen molar-refractivity contribution in [3.63, 3.8) is 0 Å². The van der Waals surface area contributed by atoms with Gasteiger partial charge in [-0.05, 0) is 44.4 Å². The van der Waals surface area contributed by atoms with Crippen LogP contribution in [0.2, 0.25) is 0 Å². The van der Waals surface area contributed by atoms with Crippen molar-refractivity contribution in [1.82, 2.24) is 4.90 Å². The number of amides is 1. The summed E-state index contributed by atoms with van der Waals surface area (Å²) in [4.78, 5) is 14.3. The smallest absolute Gasteiger partial charge is 0.226 e. The highest BCUT2D eigenvalue weighted by Gasteiger charge is 2.36. The molecule has 3 heteroatoms. The third-order valence-corrected chi connectivity index (χ3v) is 4.67. The predicted octanol–water partition coefficient (Wildman–Crippen LogP) is 3.50. The number of carbonyl (C=O) groups is 1. The van der Waals surface area contributed by atoms with E-state index in [9.17, 15) is 4.79 Å². The van der Waals surface area contributed by atoms with Crippen LogP contribution in [0.5, 0.6) is 0 Å². The minimum atomic E-state index is 0.201. The second kappa shape index (κ2) is 6.93. The third-order valence-electron chi connectivity index (χ3n) is 4.67. The lowest BCUT2D eigenvalue weighted by Crippen LogP contribution is -2.39. The monoisotopic (exact) mass is 262 g/mol. The summed E-state index contributed by atoms with van der Waals surface area (Å²) in [5.74, 6) is 1.30. The molecule has 0 aliphatic heterocycles. The van der Waals surface area contributed by atoms with E-state index in [1.165, 1.54) is 32.1 Å². The molecule has 0 saturated heterocycles. The van der Waals surface area contributed by atoms with Crippen LogP contribution < -0.4 is 0 Å². The van der Waals surface area contributed by atoms with Crippen molar-refractivity contribution in [1.29, 1.82) is 5.26 Å². The van der Waals surface area contributed by atoms with Gasteiger partial charge in [0.1, 0.15) is 6.54 Å². The van der Waals surface area contributed by atoms with Crippen molar-refractivity contribution in [3.8, 4) is 6.07 Å². The lowest BCUT2D eigenvalue weighted by Gasteiger charge is -2.31. The van der Waals surface area contributed by atoms with E-state index in [1.807, 2.05) is 4.90 Å². The van der Waals surface area contributed by atoms with Crippen molar-refractivity contribution in [3.05, 3.63) is 0 Å². The topological polar surface area (TPSA) is 44.1 Å². The Balaban J connectivity index is 1.79. The standard InChI is InChI=1S/C16H26N2O/c1-2-3-4-13-5-7-14(8-6-13)16(19)18(12-11-17)15-9-10-15/h13-15H,2-10,12H2,1H3. The maximum atomic E-state index is 12.5. The summed E-state index contributed by atoms with van der Waals surface area (Å²) in [6, 6.07) is 2.53. The molecule has 19 heavy (non-hydrogen) atoms. The number of nitrogens with zero attached hydrogens (tertiary/aromatic N) is 2. The van der Waals surface area contributed by atoms with E-state index in [4.69, 9.17) is 5.26 Å². The van der Waals surface area contributed by atoms with Gasteiger partial charge in [-0.25, -0.2) is 0 Å². The number of hydrogen-bond donors (Lipinski definition) is 0. The van der Waals surface area contributed by atoms with E-state index in [1.54, 1.807) is 0 Å². The highest BCUT2D eigenvalue weighted by Crippen LogP contribution is 2.35. The Morgan fingerprint density at radius 3 is 2.42 bits per heavy atom. The van der Waals surface area contributed by atoms with Gasteiger partial charge in [0.15, 0.2) is 0 Å². The van der Waals surface area contributed by atoms with Crippen LogP contribution in [0.3, 0.4) is 0 Å². The molecule has 0 heterocycles. The Morgan fingerprint density at radius 1 is 1.21 bits per heavy atom. The van der Waals surface area contributed by atoms with E-state index in [2.05, 4.69) is 13.0 Å². The van der Waals surface area contributed by atoms with Crippen LogP contribution in [-0.2, 0) is 4.79 Å². The molecule has 0 radical (unpaired) electrons. The first-order valence-electron chi connectivity index (χ1n) is 7.93. The van der Waals surface area contributed by atoms with Crippen LogP contribution in [0.4, 0.5) is 0 Å². The molecule has 2 rings (SSSR count). The Morgan fingerprint density at radius 2 is 1.89 bits per heavy atom. The van der Waals surface area contributed by atoms with Crippen molar-refractivity contribution < 1.29 is 4.79 Å². The van der Waals surface area contributed by atoms with Gasteiger partial charge in [0, 0.05) is 12.0 Å². The largest absolute Gasteiger partial charge is 0.326 e. The maximum Gasteiger partial charge on any atom is 0.226 e. The first-order valence-corrected chi connectivity index (χ1v) is 7.93. The molecule has 0 unspecified atom stereocenters. The summed E-state index contributed by atoms with van der Waals surface area (Å²) in [6.07, 6.45) is 10.6. The number of hydrogen-bond acceptors (Lipinski definition) is 2. The highest BCUT2D eigenvalue weighted by atomic mass is 16.2. The summed E-state index contributed by atoms with van der Waals surface area (Å²) in [5, 5.41) is 8.86. The summed E-state index contributed by atoms with van der Waals surface area (Å²) in [7, 11) is 0. The third kappa shape index (κ3) is 3.96. The van der Waals surface area contributed by atoms with Gasteiger partial charge in [-0.3, -0.25) is 4.79 Å². The molecule has 2 aliphatic rings. The van der Waals surface area contributed by atoms with Gasteiger partial charge in [0.05, 0.1) is 6.07 Å². The molecule has 0 aromatic heterocycles. The average Bonchev–Trinajstić information content (AvgIpc) is 3.27. The summed E-state index contributed by atoms with van der Waals surface area (Å²) in [5.41, 5.74) is 0. The summed E-state index contributed by atoms with van der Waals surface area (Å²) < 4.78 is 0. The molecule has 106 valence electrons. The van der Waals surface area contributed by atoms with E-state index in [-0.39, 0.29) is 11.8 Å². The Bertz CT molecular complexity index is 335. The first-order chi connectivity index (χ1) is 9.26. The van der Waals surface area contributed by atoms with Crippen LogP contribution in [0.15, 0.2) is 0 Å². The van der Waals surface area contributed by atoms with E-state index < -0.39 is 0 Å². The Kier molecular flexibility index (Phi) is 5.24. The summed E-state index contributed by atoms with van der Waals surface area (Å²) in [6.45, 7) is 2.53. The van der Waals surface area contributed by atoms with Crippen LogP contribution >= 0.6 is 0 Å². The molecule has 0 spiro atoms. The fraction of sp³-hybridized carbons (Fsp3) is 0.875. The SMILES string of the molecule is CCCCC1CCC(C(=O)N(CC#N)C2CC2)CC1. The molecule has 2 saturated carbocycles. The van der Waals surface area contributed by atoms with Gasteiger partial charge < -0.3 is 4.90 Å². The molecule has 0 aromatic rings. The Labute approximate surface area is 117 Å². The van der Waals surface area contributed by atoms with Gasteiger partial charge >= 0.3 is 0 Å². The zero-order valence-electron chi connectivity index (χ0n) is 12.1. The van der Waals surface area contributed by atoms with Crippen molar-refractivity contribution >= 4 is 5.91 Å². The predicted molar refractivity (Wildman–Crippen MR) is 75.3 cm³/mol. The molecule has 2 aliphatic carbocycles. The van der Waals surface area contributed by atoms with Gasteiger partial charge in [0.25, 0.3) is 0 Å². The minimum absolute atomic E-state index is 0.201. The van der Waals surface area contributed by atoms with Crippen LogP contribution in [0.25, 0.3) is 0 Å². The molecule has 2 fully saturated rings. The summed E-state index contributed by atoms with van der Waals surface area (Å²) >= 11 is 0. The van der Waals surface area contributed by atoms with E-state index in [0.717, 1.165) is 31.6 Å². The molecule has 0 atom stereocenters. The second-order valence-electron chi connectivity index (χ2n) is 6.22. The van der Waals surface area contributed by atoms with Gasteiger partial charge in [-0.15, -0.1) is 0 Å². The highest BCUT2D eigenvalue weighted by molar-refractivity contribution is 5.79. The van der Waals surface area contributed by atoms with Crippen LogP contribution in [0.1, 0.15) is 64.7 Å². The lowest BCUT2D eigenvalue weighted by molar-refractivity contribution is -0.136. The zero-order chi connectivity index (χ0) is 13.7. The van der Waals surface area contributed by atoms with Crippen molar-refractivity contribution in [2.45, 2.75) is 70.8 Å². The molecule has 3 nitrogen and oxygen atoms in total. The van der Waals surface area contributed by atoms with E-state index >= 15 is 0 Å². The normalized spacial score (nSPS) is 26.7. The average molecular weight is 262 g/mol. The molecule has 1 amide bonds. The zero-order valence-corrected chi connectivity index (χ0v) is 12.1. The van der Waals surface area contributed by atoms with Crippen molar-refractivity contribution in [2.75, 3.05) is 6.54 Å². The first kappa shape index (κ1) is 14.4. The van der Waals surface area contributed by atoms with Gasteiger partial charge in [-0.1, -0.05) is 26.2 Å². The fourth-order valence-electron chi connectivity index (χ4n) is 3.27. The lowest BCUT2D eigenvalue weighted by atomic mass is 9.79. The molecular formula is C16H26N2O. The van der Waals surface area contributed by atoms with Crippen LogP contribution in [0, 0.1) is 23.2 Å². The second-order valence-corrected chi connectivity index (χ2v) is 6.22. The quantitative estimate of drug-likeness (QED) is 0.688. The van der Waals surface area contributed by atoms with Crippen molar-refractivity contribution in [2.24, 2.45) is 11.8 Å². The van der Waals surface area contributed by atoms with Crippen LogP contribution in [-0.4, -0.2) is 23.4 Å².